The van der Waals surface area contributed by atoms with Gasteiger partial charge in [-0.25, -0.2) is 9.59 Å². The second kappa shape index (κ2) is 6.53. The maximum atomic E-state index is 11.4. The highest BCUT2D eigenvalue weighted by Crippen LogP contribution is 2.33. The van der Waals surface area contributed by atoms with E-state index in [1.165, 1.54) is 6.08 Å². The fraction of sp³-hybridized carbons (Fsp3) is 0.0909. The number of carboxylic acids is 1. The number of carboxylic acid groups (broad SMARTS) is 1. The molecule has 0 aliphatic rings. The summed E-state index contributed by atoms with van der Waals surface area (Å²) in [5.74, 6) is -1.52. The van der Waals surface area contributed by atoms with Crippen LogP contribution in [0, 0.1) is 10.1 Å². The lowest BCUT2D eigenvalue weighted by atomic mass is 10.1. The van der Waals surface area contributed by atoms with Gasteiger partial charge in [0.25, 0.3) is 5.69 Å². The van der Waals surface area contributed by atoms with Crippen molar-refractivity contribution >= 4 is 35.0 Å². The molecule has 1 aromatic rings. The zero-order valence-corrected chi connectivity index (χ0v) is 10.7. The van der Waals surface area contributed by atoms with E-state index in [1.54, 1.807) is 0 Å². The highest BCUT2D eigenvalue weighted by atomic mass is 35.5. The van der Waals surface area contributed by atoms with Crippen molar-refractivity contribution < 1.29 is 24.4 Å². The quantitative estimate of drug-likeness (QED) is 0.490. The van der Waals surface area contributed by atoms with Gasteiger partial charge in [0.1, 0.15) is 17.9 Å². The largest absolute Gasteiger partial charge is 0.478 e. The highest BCUT2D eigenvalue weighted by Gasteiger charge is 2.26. The summed E-state index contributed by atoms with van der Waals surface area (Å²) in [4.78, 5) is 32.5. The number of nitrogens with zero attached hydrogens (tertiary/aromatic N) is 1. The molecule has 0 fully saturated rings. The van der Waals surface area contributed by atoms with E-state index in [9.17, 15) is 19.7 Å². The molecule has 0 radical (unpaired) electrons. The van der Waals surface area contributed by atoms with Crippen LogP contribution in [0.15, 0.2) is 24.8 Å². The third-order valence-electron chi connectivity index (χ3n) is 2.10. The number of hydrogen-bond donors (Lipinski definition) is 2. The Morgan fingerprint density at radius 3 is 2.70 bits per heavy atom. The number of carbonyl (C=O) groups excluding carboxylic acids is 1. The molecule has 1 aromatic carbocycles. The van der Waals surface area contributed by atoms with Crippen molar-refractivity contribution in [2.75, 3.05) is 11.9 Å². The number of nitro groups is 1. The number of halogens is 1. The van der Waals surface area contributed by atoms with Crippen molar-refractivity contribution in [2.24, 2.45) is 0 Å². The van der Waals surface area contributed by atoms with E-state index in [1.807, 2.05) is 5.32 Å². The molecule has 0 aliphatic heterocycles. The summed E-state index contributed by atoms with van der Waals surface area (Å²) in [5.41, 5.74) is -1.73. The highest BCUT2D eigenvalue weighted by molar-refractivity contribution is 6.34. The summed E-state index contributed by atoms with van der Waals surface area (Å²) in [7, 11) is 0. The molecule has 0 atom stereocenters. The minimum atomic E-state index is -1.52. The Morgan fingerprint density at radius 2 is 2.20 bits per heavy atom. The molecular formula is C11H9ClN2O6. The van der Waals surface area contributed by atoms with Crippen LogP contribution in [0.5, 0.6) is 0 Å². The van der Waals surface area contributed by atoms with E-state index >= 15 is 0 Å². The van der Waals surface area contributed by atoms with Gasteiger partial charge >= 0.3 is 12.1 Å². The van der Waals surface area contributed by atoms with Gasteiger partial charge in [-0.3, -0.25) is 15.4 Å². The van der Waals surface area contributed by atoms with E-state index in [2.05, 4.69) is 11.3 Å². The van der Waals surface area contributed by atoms with E-state index in [0.717, 1.165) is 12.1 Å². The molecule has 20 heavy (non-hydrogen) atoms. The summed E-state index contributed by atoms with van der Waals surface area (Å²) < 4.78 is 4.58. The third kappa shape index (κ3) is 3.45. The molecule has 2 N–H and O–H groups in total. The molecule has 0 saturated heterocycles. The van der Waals surface area contributed by atoms with Crippen LogP contribution in [-0.4, -0.2) is 28.7 Å². The number of hydrogen-bond acceptors (Lipinski definition) is 5. The second-order valence-electron chi connectivity index (χ2n) is 3.39. The summed E-state index contributed by atoms with van der Waals surface area (Å²) in [6.07, 6.45) is 0.224. The normalized spacial score (nSPS) is 9.65. The fourth-order valence-electron chi connectivity index (χ4n) is 1.33. The SMILES string of the molecule is C=CCOC(=O)Nc1c([N+](=O)[O-])ccc(Cl)c1C(=O)O. The predicted molar refractivity (Wildman–Crippen MR) is 70.2 cm³/mol. The Balaban J connectivity index is 3.28. The molecule has 0 bridgehead atoms. The van der Waals surface area contributed by atoms with Gasteiger partial charge in [0.15, 0.2) is 0 Å². The first-order chi connectivity index (χ1) is 9.38. The van der Waals surface area contributed by atoms with Gasteiger partial charge in [-0.05, 0) is 6.07 Å². The van der Waals surface area contributed by atoms with Gasteiger partial charge in [0.05, 0.1) is 9.95 Å². The number of ether oxygens (including phenoxy) is 1. The Morgan fingerprint density at radius 1 is 1.55 bits per heavy atom. The van der Waals surface area contributed by atoms with Crippen LogP contribution >= 0.6 is 11.6 Å². The summed E-state index contributed by atoms with van der Waals surface area (Å²) in [6, 6.07) is 2.04. The number of benzene rings is 1. The van der Waals surface area contributed by atoms with E-state index in [-0.39, 0.29) is 11.6 Å². The predicted octanol–water partition coefficient (Wildman–Crippen LogP) is 2.68. The molecule has 9 heteroatoms. The third-order valence-corrected chi connectivity index (χ3v) is 2.42. The van der Waals surface area contributed by atoms with Crippen LogP contribution in [-0.2, 0) is 4.74 Å². The lowest BCUT2D eigenvalue weighted by molar-refractivity contribution is -0.383. The molecule has 106 valence electrons. The number of nitrogens with one attached hydrogen (secondary N) is 1. The minimum absolute atomic E-state index is 0.136. The summed E-state index contributed by atoms with van der Waals surface area (Å²) in [5, 5.41) is 21.6. The number of amides is 1. The van der Waals surface area contributed by atoms with Crippen molar-refractivity contribution in [1.29, 1.82) is 0 Å². The van der Waals surface area contributed by atoms with E-state index in [0.29, 0.717) is 0 Å². The number of aromatic carboxylic acids is 1. The first-order valence-electron chi connectivity index (χ1n) is 5.13. The first-order valence-corrected chi connectivity index (χ1v) is 5.51. The molecule has 0 aromatic heterocycles. The topological polar surface area (TPSA) is 119 Å². The summed E-state index contributed by atoms with van der Waals surface area (Å²) in [6.45, 7) is 3.18. The van der Waals surface area contributed by atoms with Crippen molar-refractivity contribution in [3.63, 3.8) is 0 Å². The maximum absolute atomic E-state index is 11.4. The monoisotopic (exact) mass is 300 g/mol. The van der Waals surface area contributed by atoms with Gasteiger partial charge in [-0.1, -0.05) is 24.3 Å². The van der Waals surface area contributed by atoms with Gasteiger partial charge in [-0.2, -0.15) is 0 Å². The molecule has 0 saturated carbocycles. The molecule has 0 spiro atoms. The smallest absolute Gasteiger partial charge is 0.412 e. The van der Waals surface area contributed by atoms with Crippen LogP contribution < -0.4 is 5.32 Å². The van der Waals surface area contributed by atoms with Gasteiger partial charge in [0, 0.05) is 6.07 Å². The molecule has 8 nitrogen and oxygen atoms in total. The van der Waals surface area contributed by atoms with Gasteiger partial charge in [0.2, 0.25) is 0 Å². The Hall–Kier alpha value is -2.61. The fourth-order valence-corrected chi connectivity index (χ4v) is 1.57. The minimum Gasteiger partial charge on any atom is -0.478 e. The molecule has 1 rings (SSSR count). The Labute approximate surface area is 117 Å². The standard InChI is InChI=1S/C11H9ClN2O6/c1-2-5-20-11(17)13-9-7(14(18)19)4-3-6(12)8(9)10(15)16/h2-4H,1,5H2,(H,13,17)(H,15,16). The van der Waals surface area contributed by atoms with Crippen molar-refractivity contribution in [1.82, 2.24) is 0 Å². The van der Waals surface area contributed by atoms with Crippen LogP contribution in [0.4, 0.5) is 16.2 Å². The van der Waals surface area contributed by atoms with Crippen molar-refractivity contribution in [3.8, 4) is 0 Å². The zero-order valence-electron chi connectivity index (χ0n) is 9.96. The molecular weight excluding hydrogens is 292 g/mol. The van der Waals surface area contributed by atoms with Crippen molar-refractivity contribution in [2.45, 2.75) is 0 Å². The number of nitro benzene ring substituents is 1. The van der Waals surface area contributed by atoms with Crippen LogP contribution in [0.1, 0.15) is 10.4 Å². The van der Waals surface area contributed by atoms with Crippen molar-refractivity contribution in [3.05, 3.63) is 45.5 Å². The Bertz CT molecular complexity index is 587. The Kier molecular flexibility index (Phi) is 5.04. The lowest BCUT2D eigenvalue weighted by Gasteiger charge is -2.10. The van der Waals surface area contributed by atoms with Gasteiger partial charge < -0.3 is 9.84 Å². The molecule has 0 aliphatic carbocycles. The van der Waals surface area contributed by atoms with Crippen LogP contribution in [0.25, 0.3) is 0 Å². The van der Waals surface area contributed by atoms with Crippen LogP contribution in [0.3, 0.4) is 0 Å². The molecule has 0 unspecified atom stereocenters. The first kappa shape index (κ1) is 15.4. The lowest BCUT2D eigenvalue weighted by Crippen LogP contribution is -2.17. The molecule has 1 amide bonds. The molecule has 0 heterocycles. The average molecular weight is 301 g/mol. The van der Waals surface area contributed by atoms with E-state index in [4.69, 9.17) is 16.7 Å². The summed E-state index contributed by atoms with van der Waals surface area (Å²) >= 11 is 5.68. The zero-order chi connectivity index (χ0) is 15.3. The van der Waals surface area contributed by atoms with Gasteiger partial charge in [-0.15, -0.1) is 0 Å². The number of anilines is 1. The average Bonchev–Trinajstić information content (AvgIpc) is 2.35. The number of rotatable bonds is 5. The van der Waals surface area contributed by atoms with E-state index < -0.39 is 33.9 Å². The number of carbonyl (C=O) groups is 2. The second-order valence-corrected chi connectivity index (χ2v) is 3.80. The maximum Gasteiger partial charge on any atom is 0.412 e. The van der Waals surface area contributed by atoms with Crippen LogP contribution in [0.2, 0.25) is 5.02 Å².